The highest BCUT2D eigenvalue weighted by molar-refractivity contribution is 9.10. The second kappa shape index (κ2) is 6.96. The van der Waals surface area contributed by atoms with E-state index < -0.39 is 0 Å². The number of phenolic OH excluding ortho intramolecular Hbond substituents is 2. The van der Waals surface area contributed by atoms with Crippen molar-refractivity contribution in [2.75, 3.05) is 0 Å². The van der Waals surface area contributed by atoms with Gasteiger partial charge in [-0.25, -0.2) is 0 Å². The van der Waals surface area contributed by atoms with E-state index in [1.54, 1.807) is 0 Å². The van der Waals surface area contributed by atoms with Crippen molar-refractivity contribution in [3.8, 4) is 11.5 Å². The van der Waals surface area contributed by atoms with Gasteiger partial charge in [-0.1, -0.05) is 53.7 Å². The molecule has 0 aliphatic heterocycles. The first kappa shape index (κ1) is 20.3. The summed E-state index contributed by atoms with van der Waals surface area (Å²) >= 11 is 6.95. The maximum atomic E-state index is 10.4. The normalized spacial score (nSPS) is 12.5. The third kappa shape index (κ3) is 4.59. The van der Waals surface area contributed by atoms with Gasteiger partial charge in [0.05, 0.1) is 8.95 Å². The van der Waals surface area contributed by atoms with Gasteiger partial charge in [0, 0.05) is 11.1 Å². The Kier molecular flexibility index (Phi) is 5.65. The Morgan fingerprint density at radius 2 is 1.00 bits per heavy atom. The van der Waals surface area contributed by atoms with Crippen LogP contribution in [0.5, 0.6) is 11.5 Å². The monoisotopic (exact) mass is 468 g/mol. The largest absolute Gasteiger partial charge is 0.506 e. The Morgan fingerprint density at radius 3 is 1.28 bits per heavy atom. The zero-order chi connectivity index (χ0) is 19.2. The Hall–Kier alpha value is -1.00. The predicted molar refractivity (Wildman–Crippen MR) is 112 cm³/mol. The van der Waals surface area contributed by atoms with Crippen molar-refractivity contribution in [3.63, 3.8) is 0 Å². The van der Waals surface area contributed by atoms with Gasteiger partial charge >= 0.3 is 0 Å². The summed E-state index contributed by atoms with van der Waals surface area (Å²) in [6, 6.07) is 8.05. The highest BCUT2D eigenvalue weighted by Crippen LogP contribution is 2.40. The molecule has 0 unspecified atom stereocenters. The molecule has 0 aromatic heterocycles. The molecule has 0 saturated heterocycles. The lowest BCUT2D eigenvalue weighted by Gasteiger charge is -2.23. The molecule has 0 heterocycles. The second-order valence-corrected chi connectivity index (χ2v) is 10.3. The van der Waals surface area contributed by atoms with Crippen molar-refractivity contribution in [3.05, 3.63) is 55.5 Å². The highest BCUT2D eigenvalue weighted by Gasteiger charge is 2.23. The minimum absolute atomic E-state index is 0.144. The van der Waals surface area contributed by atoms with Gasteiger partial charge in [-0.05, 0) is 72.4 Å². The van der Waals surface area contributed by atoms with Crippen LogP contribution in [0.3, 0.4) is 0 Å². The molecule has 0 radical (unpaired) electrons. The summed E-state index contributed by atoms with van der Waals surface area (Å²) in [6.07, 6.45) is 0.726. The summed E-state index contributed by atoms with van der Waals surface area (Å²) in [4.78, 5) is 0. The number of hydrogen-bond acceptors (Lipinski definition) is 2. The number of aromatic hydroxyl groups is 2. The van der Waals surface area contributed by atoms with E-state index in [1.165, 1.54) is 0 Å². The molecular weight excluding hydrogens is 444 g/mol. The standard InChI is InChI=1S/C21H26Br2O2/c1-20(2,3)14-8-12(10-16(22)18(14)24)7-13-9-15(21(4,5)6)19(25)17(23)11-13/h8-11,24-25H,7H2,1-6H3. The molecule has 136 valence electrons. The molecule has 0 saturated carbocycles. The number of hydrogen-bond donors (Lipinski definition) is 2. The average molecular weight is 470 g/mol. The molecule has 2 N–H and O–H groups in total. The van der Waals surface area contributed by atoms with Gasteiger partial charge in [0.2, 0.25) is 0 Å². The van der Waals surface area contributed by atoms with Crippen molar-refractivity contribution >= 4 is 31.9 Å². The minimum atomic E-state index is -0.144. The molecule has 0 aliphatic rings. The van der Waals surface area contributed by atoms with Crippen LogP contribution in [0, 0.1) is 0 Å². The van der Waals surface area contributed by atoms with Crippen LogP contribution < -0.4 is 0 Å². The van der Waals surface area contributed by atoms with E-state index in [0.29, 0.717) is 20.4 Å². The molecule has 0 atom stereocenters. The van der Waals surface area contributed by atoms with E-state index in [4.69, 9.17) is 0 Å². The van der Waals surface area contributed by atoms with Gasteiger partial charge in [-0.3, -0.25) is 0 Å². The topological polar surface area (TPSA) is 40.5 Å². The quantitative estimate of drug-likeness (QED) is 0.507. The summed E-state index contributed by atoms with van der Waals surface area (Å²) < 4.78 is 1.42. The van der Waals surface area contributed by atoms with Gasteiger partial charge in [0.1, 0.15) is 11.5 Å². The van der Waals surface area contributed by atoms with Crippen LogP contribution in [0.2, 0.25) is 0 Å². The van der Waals surface area contributed by atoms with Gasteiger partial charge in [-0.15, -0.1) is 0 Å². The third-order valence-electron chi connectivity index (χ3n) is 4.27. The Bertz CT molecular complexity index is 730. The lowest BCUT2D eigenvalue weighted by molar-refractivity contribution is 0.443. The van der Waals surface area contributed by atoms with Gasteiger partial charge < -0.3 is 10.2 Å². The van der Waals surface area contributed by atoms with Gasteiger partial charge in [0.25, 0.3) is 0 Å². The number of phenols is 2. The van der Waals surface area contributed by atoms with E-state index in [1.807, 2.05) is 12.1 Å². The molecule has 2 rings (SSSR count). The van der Waals surface area contributed by atoms with Crippen LogP contribution in [-0.4, -0.2) is 10.2 Å². The molecular formula is C21H26Br2O2. The Labute approximate surface area is 167 Å². The molecule has 2 aromatic rings. The molecule has 0 fully saturated rings. The number of halogens is 2. The molecule has 0 amide bonds. The summed E-state index contributed by atoms with van der Waals surface area (Å²) in [6.45, 7) is 12.5. The summed E-state index contributed by atoms with van der Waals surface area (Å²) in [5.74, 6) is 0.608. The van der Waals surface area contributed by atoms with Crippen molar-refractivity contribution < 1.29 is 10.2 Å². The van der Waals surface area contributed by atoms with Crippen molar-refractivity contribution in [1.29, 1.82) is 0 Å². The first-order chi connectivity index (χ1) is 11.3. The fourth-order valence-electron chi connectivity index (χ4n) is 2.89. The van der Waals surface area contributed by atoms with Crippen molar-refractivity contribution in [2.24, 2.45) is 0 Å². The first-order valence-corrected chi connectivity index (χ1v) is 9.93. The fraction of sp³-hybridized carbons (Fsp3) is 0.429. The SMILES string of the molecule is CC(C)(C)c1cc(Cc2cc(Br)c(O)c(C(C)(C)C)c2)cc(Br)c1O. The van der Waals surface area contributed by atoms with Crippen LogP contribution in [0.25, 0.3) is 0 Å². The molecule has 2 nitrogen and oxygen atoms in total. The summed E-state index contributed by atoms with van der Waals surface area (Å²) in [5.41, 5.74) is 3.79. The second-order valence-electron chi connectivity index (χ2n) is 8.62. The molecule has 2 aromatic carbocycles. The smallest absolute Gasteiger partial charge is 0.133 e. The molecule has 25 heavy (non-hydrogen) atoms. The third-order valence-corrected chi connectivity index (χ3v) is 5.48. The van der Waals surface area contributed by atoms with E-state index in [-0.39, 0.29) is 10.8 Å². The van der Waals surface area contributed by atoms with Crippen LogP contribution in [0.1, 0.15) is 63.8 Å². The molecule has 0 aliphatic carbocycles. The fourth-order valence-corrected chi connectivity index (χ4v) is 3.91. The Balaban J connectivity index is 2.51. The maximum Gasteiger partial charge on any atom is 0.133 e. The van der Waals surface area contributed by atoms with Crippen molar-refractivity contribution in [1.82, 2.24) is 0 Å². The zero-order valence-corrected chi connectivity index (χ0v) is 18.8. The van der Waals surface area contributed by atoms with E-state index >= 15 is 0 Å². The van der Waals surface area contributed by atoms with Gasteiger partial charge in [-0.2, -0.15) is 0 Å². The van der Waals surface area contributed by atoms with Crippen molar-refractivity contribution in [2.45, 2.75) is 58.8 Å². The number of rotatable bonds is 2. The lowest BCUT2D eigenvalue weighted by atomic mass is 9.83. The number of benzene rings is 2. The van der Waals surface area contributed by atoms with E-state index in [0.717, 1.165) is 28.7 Å². The van der Waals surface area contributed by atoms with Gasteiger partial charge in [0.15, 0.2) is 0 Å². The van der Waals surface area contributed by atoms with Crippen LogP contribution >= 0.6 is 31.9 Å². The van der Waals surface area contributed by atoms with Crippen LogP contribution in [-0.2, 0) is 17.3 Å². The predicted octanol–water partition coefficient (Wildman–Crippen LogP) is 6.81. The van der Waals surface area contributed by atoms with Crippen LogP contribution in [0.4, 0.5) is 0 Å². The van der Waals surface area contributed by atoms with E-state index in [2.05, 4.69) is 85.5 Å². The maximum absolute atomic E-state index is 10.4. The first-order valence-electron chi connectivity index (χ1n) is 8.34. The molecule has 0 spiro atoms. The van der Waals surface area contributed by atoms with Crippen LogP contribution in [0.15, 0.2) is 33.2 Å². The molecule has 0 bridgehead atoms. The van der Waals surface area contributed by atoms with E-state index in [9.17, 15) is 10.2 Å². The molecule has 4 heteroatoms. The summed E-state index contributed by atoms with van der Waals surface area (Å²) in [5, 5.41) is 20.7. The Morgan fingerprint density at radius 1 is 0.680 bits per heavy atom. The highest BCUT2D eigenvalue weighted by atomic mass is 79.9. The average Bonchev–Trinajstić information content (AvgIpc) is 2.43. The summed E-state index contributed by atoms with van der Waals surface area (Å²) in [7, 11) is 0. The lowest BCUT2D eigenvalue weighted by Crippen LogP contribution is -2.13. The minimum Gasteiger partial charge on any atom is -0.506 e. The zero-order valence-electron chi connectivity index (χ0n) is 15.7.